The lowest BCUT2D eigenvalue weighted by Crippen LogP contribution is -2.37. The van der Waals surface area contributed by atoms with Gasteiger partial charge in [0.25, 0.3) is 0 Å². The largest absolute Gasteiger partial charge is 0.298 e. The fourth-order valence-electron chi connectivity index (χ4n) is 1.94. The maximum Gasteiger partial charge on any atom is 0.0687 e. The van der Waals surface area contributed by atoms with Gasteiger partial charge in [0.1, 0.15) is 0 Å². The fraction of sp³-hybridized carbons (Fsp3) is 0.583. The molecule has 1 aliphatic rings. The van der Waals surface area contributed by atoms with Crippen LogP contribution in [0.15, 0.2) is 17.5 Å². The first kappa shape index (κ1) is 10.7. The Morgan fingerprint density at radius 3 is 2.80 bits per heavy atom. The van der Waals surface area contributed by atoms with Gasteiger partial charge >= 0.3 is 0 Å². The summed E-state index contributed by atoms with van der Waals surface area (Å²) in [5.41, 5.74) is -0.0774. The monoisotopic (exact) mass is 220 g/mol. The number of thiophene rings is 1. The Morgan fingerprint density at radius 1 is 1.53 bits per heavy atom. The number of nitrogens with zero attached hydrogens (tertiary/aromatic N) is 2. The molecule has 0 unspecified atom stereocenters. The van der Waals surface area contributed by atoms with Gasteiger partial charge in [-0.05, 0) is 31.2 Å². The van der Waals surface area contributed by atoms with Crippen molar-refractivity contribution >= 4 is 11.3 Å². The number of nitriles is 1. The Bertz CT molecular complexity index is 342. The number of rotatable bonds is 2. The second-order valence-electron chi connectivity index (χ2n) is 4.53. The molecule has 0 atom stereocenters. The van der Waals surface area contributed by atoms with Crippen molar-refractivity contribution in [1.82, 2.24) is 4.90 Å². The summed E-state index contributed by atoms with van der Waals surface area (Å²) in [6, 6.07) is 6.72. The highest BCUT2D eigenvalue weighted by atomic mass is 32.1. The molecule has 2 heterocycles. The number of hydrogen-bond donors (Lipinski definition) is 0. The molecule has 2 rings (SSSR count). The van der Waals surface area contributed by atoms with Crippen molar-refractivity contribution in [2.45, 2.75) is 26.3 Å². The van der Waals surface area contributed by atoms with Gasteiger partial charge in [-0.25, -0.2) is 0 Å². The van der Waals surface area contributed by atoms with Gasteiger partial charge in [0, 0.05) is 24.5 Å². The predicted molar refractivity (Wildman–Crippen MR) is 62.6 cm³/mol. The van der Waals surface area contributed by atoms with E-state index in [9.17, 15) is 0 Å². The molecule has 3 heteroatoms. The van der Waals surface area contributed by atoms with Crippen LogP contribution in [0.3, 0.4) is 0 Å². The summed E-state index contributed by atoms with van der Waals surface area (Å²) in [5.74, 6) is 0. The average molecular weight is 220 g/mol. The summed E-state index contributed by atoms with van der Waals surface area (Å²) in [7, 11) is 0. The molecule has 0 bridgehead atoms. The highest BCUT2D eigenvalue weighted by molar-refractivity contribution is 7.09. The normalized spacial score (nSPS) is 21.1. The number of hydrogen-bond acceptors (Lipinski definition) is 3. The molecule has 1 fully saturated rings. The quantitative estimate of drug-likeness (QED) is 0.766. The van der Waals surface area contributed by atoms with Crippen molar-refractivity contribution in [1.29, 1.82) is 5.26 Å². The van der Waals surface area contributed by atoms with Gasteiger partial charge in [-0.15, -0.1) is 11.3 Å². The lowest BCUT2D eigenvalue weighted by Gasteiger charge is -2.34. The van der Waals surface area contributed by atoms with Gasteiger partial charge in [0.05, 0.1) is 11.5 Å². The molecule has 2 nitrogen and oxygen atoms in total. The van der Waals surface area contributed by atoms with E-state index in [1.165, 1.54) is 4.88 Å². The fourth-order valence-corrected chi connectivity index (χ4v) is 2.69. The van der Waals surface area contributed by atoms with E-state index in [1.54, 1.807) is 0 Å². The molecule has 0 N–H and O–H groups in total. The molecule has 1 aliphatic heterocycles. The smallest absolute Gasteiger partial charge is 0.0687 e. The SMILES string of the molecule is CC1(C#N)CCN(Cc2cccs2)CC1. The average Bonchev–Trinajstić information content (AvgIpc) is 2.75. The summed E-state index contributed by atoms with van der Waals surface area (Å²) in [5, 5.41) is 11.2. The van der Waals surface area contributed by atoms with Gasteiger partial charge in [-0.1, -0.05) is 6.07 Å². The first-order valence-corrected chi connectivity index (χ1v) is 6.26. The van der Waals surface area contributed by atoms with E-state index >= 15 is 0 Å². The zero-order valence-electron chi connectivity index (χ0n) is 9.07. The minimum atomic E-state index is -0.0774. The Balaban J connectivity index is 1.87. The lowest BCUT2D eigenvalue weighted by atomic mass is 9.82. The predicted octanol–water partition coefficient (Wildman–Crippen LogP) is 2.87. The van der Waals surface area contributed by atoms with E-state index in [0.29, 0.717) is 0 Å². The molecule has 0 aromatic carbocycles. The molecule has 1 aromatic rings. The molecular weight excluding hydrogens is 204 g/mol. The van der Waals surface area contributed by atoms with E-state index in [0.717, 1.165) is 32.5 Å². The maximum absolute atomic E-state index is 9.03. The topological polar surface area (TPSA) is 27.0 Å². The van der Waals surface area contributed by atoms with Crippen LogP contribution >= 0.6 is 11.3 Å². The minimum absolute atomic E-state index is 0.0774. The van der Waals surface area contributed by atoms with E-state index < -0.39 is 0 Å². The number of likely N-dealkylation sites (tertiary alicyclic amines) is 1. The van der Waals surface area contributed by atoms with Crippen LogP contribution in [0.2, 0.25) is 0 Å². The van der Waals surface area contributed by atoms with Gasteiger partial charge in [-0.3, -0.25) is 4.90 Å². The standard InChI is InChI=1S/C12H16N2S/c1-12(10-13)4-6-14(7-5-12)9-11-3-2-8-15-11/h2-3,8H,4-7,9H2,1H3. The van der Waals surface area contributed by atoms with E-state index in [2.05, 4.69) is 35.4 Å². The van der Waals surface area contributed by atoms with Crippen molar-refractivity contribution < 1.29 is 0 Å². The number of piperidine rings is 1. The van der Waals surface area contributed by atoms with Crippen LogP contribution in [0.5, 0.6) is 0 Å². The Kier molecular flexibility index (Phi) is 3.08. The maximum atomic E-state index is 9.03. The molecule has 0 spiro atoms. The molecule has 80 valence electrons. The second kappa shape index (κ2) is 4.34. The lowest BCUT2D eigenvalue weighted by molar-refractivity contribution is 0.151. The molecular formula is C12H16N2S. The zero-order chi connectivity index (χ0) is 10.7. The molecule has 0 saturated carbocycles. The third-order valence-corrected chi connectivity index (χ3v) is 4.05. The summed E-state index contributed by atoms with van der Waals surface area (Å²) >= 11 is 1.82. The van der Waals surface area contributed by atoms with Crippen molar-refractivity contribution in [2.75, 3.05) is 13.1 Å². The van der Waals surface area contributed by atoms with Crippen LogP contribution in [0.25, 0.3) is 0 Å². The second-order valence-corrected chi connectivity index (χ2v) is 5.56. The van der Waals surface area contributed by atoms with Gasteiger partial charge in [0.2, 0.25) is 0 Å². The van der Waals surface area contributed by atoms with Gasteiger partial charge in [0.15, 0.2) is 0 Å². The van der Waals surface area contributed by atoms with Crippen LogP contribution in [-0.2, 0) is 6.54 Å². The molecule has 1 saturated heterocycles. The molecule has 0 amide bonds. The Morgan fingerprint density at radius 2 is 2.27 bits per heavy atom. The first-order valence-electron chi connectivity index (χ1n) is 5.38. The highest BCUT2D eigenvalue weighted by Gasteiger charge is 2.29. The van der Waals surface area contributed by atoms with Crippen molar-refractivity contribution in [3.63, 3.8) is 0 Å². The van der Waals surface area contributed by atoms with Crippen LogP contribution in [0, 0.1) is 16.7 Å². The summed E-state index contributed by atoms with van der Waals surface area (Å²) in [6.07, 6.45) is 2.02. The van der Waals surface area contributed by atoms with Gasteiger partial charge in [-0.2, -0.15) is 5.26 Å². The van der Waals surface area contributed by atoms with Gasteiger partial charge < -0.3 is 0 Å². The van der Waals surface area contributed by atoms with Crippen molar-refractivity contribution in [3.8, 4) is 6.07 Å². The van der Waals surface area contributed by atoms with Crippen molar-refractivity contribution in [3.05, 3.63) is 22.4 Å². The summed E-state index contributed by atoms with van der Waals surface area (Å²) in [6.45, 7) is 5.25. The molecule has 1 aromatic heterocycles. The molecule has 0 radical (unpaired) electrons. The summed E-state index contributed by atoms with van der Waals surface area (Å²) in [4.78, 5) is 3.88. The Hall–Kier alpha value is -0.850. The zero-order valence-corrected chi connectivity index (χ0v) is 9.89. The van der Waals surface area contributed by atoms with Crippen LogP contribution in [0.4, 0.5) is 0 Å². The minimum Gasteiger partial charge on any atom is -0.298 e. The third-order valence-electron chi connectivity index (χ3n) is 3.19. The summed E-state index contributed by atoms with van der Waals surface area (Å²) < 4.78 is 0. The van der Waals surface area contributed by atoms with Crippen LogP contribution in [-0.4, -0.2) is 18.0 Å². The first-order chi connectivity index (χ1) is 7.22. The third kappa shape index (κ3) is 2.58. The molecule has 0 aliphatic carbocycles. The van der Waals surface area contributed by atoms with Crippen molar-refractivity contribution in [2.24, 2.45) is 5.41 Å². The van der Waals surface area contributed by atoms with E-state index in [1.807, 2.05) is 11.3 Å². The highest BCUT2D eigenvalue weighted by Crippen LogP contribution is 2.30. The van der Waals surface area contributed by atoms with Crippen LogP contribution in [0.1, 0.15) is 24.6 Å². The van der Waals surface area contributed by atoms with Crippen LogP contribution < -0.4 is 0 Å². The molecule has 15 heavy (non-hydrogen) atoms. The van der Waals surface area contributed by atoms with E-state index in [-0.39, 0.29) is 5.41 Å². The van der Waals surface area contributed by atoms with E-state index in [4.69, 9.17) is 5.26 Å². The Labute approximate surface area is 95.1 Å².